The van der Waals surface area contributed by atoms with Gasteiger partial charge in [0, 0.05) is 35.1 Å². The second-order valence-electron chi connectivity index (χ2n) is 5.53. The highest BCUT2D eigenvalue weighted by Crippen LogP contribution is 2.32. The van der Waals surface area contributed by atoms with Crippen molar-refractivity contribution in [2.24, 2.45) is 0 Å². The zero-order chi connectivity index (χ0) is 16.2. The predicted octanol–water partition coefficient (Wildman–Crippen LogP) is 4.36. The molecule has 23 heavy (non-hydrogen) atoms. The highest BCUT2D eigenvalue weighted by atomic mass is 35.5. The Labute approximate surface area is 145 Å². The lowest BCUT2D eigenvalue weighted by atomic mass is 9.97. The van der Waals surface area contributed by atoms with Crippen LogP contribution in [0.3, 0.4) is 0 Å². The molecule has 122 valence electrons. The molecule has 4 nitrogen and oxygen atoms in total. The average molecular weight is 351 g/mol. The number of hydrogen-bond acceptors (Lipinski definition) is 5. The van der Waals surface area contributed by atoms with Crippen molar-refractivity contribution >= 4 is 34.6 Å². The average Bonchev–Trinajstić information content (AvgIpc) is 3.06. The third-order valence-electron chi connectivity index (χ3n) is 4.04. The number of carbonyl (C=O) groups excluding carboxylic acids is 1. The molecule has 0 bridgehead atoms. The molecule has 1 aromatic heterocycles. The van der Waals surface area contributed by atoms with Crippen LogP contribution in [0.2, 0.25) is 5.02 Å². The highest BCUT2D eigenvalue weighted by Gasteiger charge is 2.24. The van der Waals surface area contributed by atoms with E-state index in [4.69, 9.17) is 16.3 Å². The van der Waals surface area contributed by atoms with Gasteiger partial charge in [-0.25, -0.2) is 9.78 Å². The maximum absolute atomic E-state index is 11.7. The van der Waals surface area contributed by atoms with Crippen molar-refractivity contribution in [3.63, 3.8) is 0 Å². The smallest absolute Gasteiger partial charge is 0.357 e. The molecule has 0 N–H and O–H groups in total. The van der Waals surface area contributed by atoms with Crippen molar-refractivity contribution in [1.82, 2.24) is 4.98 Å². The Bertz CT molecular complexity index is 663. The Morgan fingerprint density at radius 3 is 2.70 bits per heavy atom. The monoisotopic (exact) mass is 350 g/mol. The van der Waals surface area contributed by atoms with E-state index in [0.29, 0.717) is 18.2 Å². The fraction of sp³-hybridized carbons (Fsp3) is 0.412. The summed E-state index contributed by atoms with van der Waals surface area (Å²) in [7, 11) is 0. The van der Waals surface area contributed by atoms with E-state index in [1.807, 2.05) is 12.1 Å². The van der Waals surface area contributed by atoms with E-state index >= 15 is 0 Å². The molecule has 1 aliphatic heterocycles. The Kier molecular flexibility index (Phi) is 5.18. The number of thiazole rings is 1. The summed E-state index contributed by atoms with van der Waals surface area (Å²) in [5, 5.41) is 3.61. The molecule has 2 heterocycles. The number of piperidine rings is 1. The van der Waals surface area contributed by atoms with E-state index in [0.717, 1.165) is 36.0 Å². The van der Waals surface area contributed by atoms with Crippen LogP contribution in [0.5, 0.6) is 0 Å². The van der Waals surface area contributed by atoms with Gasteiger partial charge in [-0.15, -0.1) is 11.3 Å². The van der Waals surface area contributed by atoms with Crippen molar-refractivity contribution in [3.05, 3.63) is 45.4 Å². The first-order chi connectivity index (χ1) is 11.2. The van der Waals surface area contributed by atoms with E-state index in [2.05, 4.69) is 22.0 Å². The first-order valence-corrected chi connectivity index (χ1v) is 9.06. The molecule has 0 atom stereocenters. The predicted molar refractivity (Wildman–Crippen MR) is 93.7 cm³/mol. The van der Waals surface area contributed by atoms with Gasteiger partial charge in [-0.05, 0) is 44.0 Å². The topological polar surface area (TPSA) is 42.4 Å². The SMILES string of the molecule is CCOC(=O)c1csc(C2CCN(c3ccc(Cl)cc3)CC2)n1. The molecule has 0 amide bonds. The third kappa shape index (κ3) is 3.85. The van der Waals surface area contributed by atoms with Crippen LogP contribution in [0.15, 0.2) is 29.6 Å². The minimum atomic E-state index is -0.325. The molecule has 0 radical (unpaired) electrons. The van der Waals surface area contributed by atoms with Gasteiger partial charge in [0.05, 0.1) is 11.6 Å². The van der Waals surface area contributed by atoms with Crippen molar-refractivity contribution in [3.8, 4) is 0 Å². The number of halogens is 1. The van der Waals surface area contributed by atoms with E-state index in [-0.39, 0.29) is 5.97 Å². The van der Waals surface area contributed by atoms with Crippen LogP contribution in [-0.4, -0.2) is 30.6 Å². The molecular weight excluding hydrogens is 332 g/mol. The molecule has 0 saturated carbocycles. The van der Waals surface area contributed by atoms with Crippen molar-refractivity contribution in [2.75, 3.05) is 24.6 Å². The molecule has 1 fully saturated rings. The van der Waals surface area contributed by atoms with Crippen LogP contribution in [0, 0.1) is 0 Å². The Hall–Kier alpha value is -1.59. The number of carbonyl (C=O) groups is 1. The summed E-state index contributed by atoms with van der Waals surface area (Å²) in [6.07, 6.45) is 2.08. The second-order valence-corrected chi connectivity index (χ2v) is 6.86. The largest absolute Gasteiger partial charge is 0.461 e. The van der Waals surface area contributed by atoms with Gasteiger partial charge >= 0.3 is 5.97 Å². The van der Waals surface area contributed by atoms with E-state index in [1.54, 1.807) is 23.6 Å². The summed E-state index contributed by atoms with van der Waals surface area (Å²) in [6.45, 7) is 4.16. The molecule has 0 spiro atoms. The van der Waals surface area contributed by atoms with Crippen molar-refractivity contribution < 1.29 is 9.53 Å². The van der Waals surface area contributed by atoms with Gasteiger partial charge in [0.25, 0.3) is 0 Å². The summed E-state index contributed by atoms with van der Waals surface area (Å²) in [6, 6.07) is 7.97. The minimum absolute atomic E-state index is 0.325. The summed E-state index contributed by atoms with van der Waals surface area (Å²) in [4.78, 5) is 18.5. The summed E-state index contributed by atoms with van der Waals surface area (Å²) in [5.74, 6) is 0.0975. The van der Waals surface area contributed by atoms with E-state index in [1.165, 1.54) is 5.69 Å². The van der Waals surface area contributed by atoms with Crippen molar-refractivity contribution in [2.45, 2.75) is 25.7 Å². The molecule has 6 heteroatoms. The number of nitrogens with zero attached hydrogens (tertiary/aromatic N) is 2. The van der Waals surface area contributed by atoms with Gasteiger partial charge in [-0.1, -0.05) is 11.6 Å². The van der Waals surface area contributed by atoms with Crippen molar-refractivity contribution in [1.29, 1.82) is 0 Å². The van der Waals surface area contributed by atoms with Gasteiger partial charge in [0.2, 0.25) is 0 Å². The normalized spacial score (nSPS) is 15.7. The fourth-order valence-corrected chi connectivity index (χ4v) is 3.90. The van der Waals surface area contributed by atoms with Crippen LogP contribution in [0.25, 0.3) is 0 Å². The molecule has 2 aromatic rings. The molecule has 1 aliphatic rings. The number of rotatable bonds is 4. The first kappa shape index (κ1) is 16.3. The Morgan fingerprint density at radius 1 is 1.35 bits per heavy atom. The molecule has 0 aliphatic carbocycles. The third-order valence-corrected chi connectivity index (χ3v) is 5.30. The molecule has 3 rings (SSSR count). The zero-order valence-electron chi connectivity index (χ0n) is 13.0. The summed E-state index contributed by atoms with van der Waals surface area (Å²) in [5.41, 5.74) is 1.64. The van der Waals surface area contributed by atoms with Gasteiger partial charge < -0.3 is 9.64 Å². The summed E-state index contributed by atoms with van der Waals surface area (Å²) >= 11 is 7.50. The minimum Gasteiger partial charge on any atom is -0.461 e. The zero-order valence-corrected chi connectivity index (χ0v) is 14.6. The fourth-order valence-electron chi connectivity index (χ4n) is 2.81. The van der Waals surface area contributed by atoms with Crippen LogP contribution in [0.1, 0.15) is 41.2 Å². The number of ether oxygens (including phenoxy) is 1. The number of anilines is 1. The first-order valence-electron chi connectivity index (χ1n) is 7.80. The second kappa shape index (κ2) is 7.32. The standard InChI is InChI=1S/C17H19ClN2O2S/c1-2-22-17(21)15-11-23-16(19-15)12-7-9-20(10-8-12)14-5-3-13(18)4-6-14/h3-6,11-12H,2,7-10H2,1H3. The molecule has 1 aromatic carbocycles. The number of esters is 1. The Morgan fingerprint density at radius 2 is 2.04 bits per heavy atom. The molecular formula is C17H19ClN2O2S. The lowest BCUT2D eigenvalue weighted by Gasteiger charge is -2.32. The van der Waals surface area contributed by atoms with Gasteiger partial charge in [0.15, 0.2) is 5.69 Å². The maximum atomic E-state index is 11.7. The molecule has 1 saturated heterocycles. The summed E-state index contributed by atoms with van der Waals surface area (Å²) < 4.78 is 5.00. The van der Waals surface area contributed by atoms with Crippen LogP contribution < -0.4 is 4.90 Å². The van der Waals surface area contributed by atoms with Crippen LogP contribution >= 0.6 is 22.9 Å². The van der Waals surface area contributed by atoms with E-state index in [9.17, 15) is 4.79 Å². The Balaban J connectivity index is 1.60. The van der Waals surface area contributed by atoms with Gasteiger partial charge in [-0.2, -0.15) is 0 Å². The van der Waals surface area contributed by atoms with E-state index < -0.39 is 0 Å². The highest BCUT2D eigenvalue weighted by molar-refractivity contribution is 7.09. The lowest BCUT2D eigenvalue weighted by Crippen LogP contribution is -2.32. The molecule has 0 unspecified atom stereocenters. The lowest BCUT2D eigenvalue weighted by molar-refractivity contribution is 0.0520. The van der Waals surface area contributed by atoms with Gasteiger partial charge in [-0.3, -0.25) is 0 Å². The number of benzene rings is 1. The van der Waals surface area contributed by atoms with Gasteiger partial charge in [0.1, 0.15) is 0 Å². The maximum Gasteiger partial charge on any atom is 0.357 e. The van der Waals surface area contributed by atoms with Crippen LogP contribution in [-0.2, 0) is 4.74 Å². The number of hydrogen-bond donors (Lipinski definition) is 0. The number of aromatic nitrogens is 1. The van der Waals surface area contributed by atoms with Crippen LogP contribution in [0.4, 0.5) is 5.69 Å². The quantitative estimate of drug-likeness (QED) is 0.768.